The van der Waals surface area contributed by atoms with Crippen LogP contribution < -0.4 is 27.2 Å². The third-order valence-electron chi connectivity index (χ3n) is 4.21. The monoisotopic (exact) mass is 447 g/mol. The maximum Gasteiger partial charge on any atom is 0.326 e. The number of aliphatic imine (C=N–C) groups is 1. The number of benzene rings is 1. The van der Waals surface area contributed by atoms with Gasteiger partial charge in [0.1, 0.15) is 6.04 Å². The van der Waals surface area contributed by atoms with Gasteiger partial charge in [-0.15, -0.1) is 0 Å². The molecule has 13 heteroatoms. The number of rotatable bonds is 9. The molecule has 0 unspecified atom stereocenters. The number of nitrogens with two attached hydrogens (primary N) is 1. The lowest BCUT2D eigenvalue weighted by atomic mass is 10.1. The Labute approximate surface area is 186 Å². The van der Waals surface area contributed by atoms with E-state index < -0.39 is 72.0 Å². The molecule has 13 nitrogen and oxygen atoms in total. The minimum absolute atomic E-state index is 0.0188. The molecule has 1 amide bonds. The van der Waals surface area contributed by atoms with Crippen LogP contribution in [0.25, 0.3) is 0 Å². The van der Waals surface area contributed by atoms with Crippen molar-refractivity contribution in [2.24, 2.45) is 4.99 Å². The third-order valence-corrected chi connectivity index (χ3v) is 4.21. The van der Waals surface area contributed by atoms with Gasteiger partial charge in [0.25, 0.3) is 11.5 Å². The molecule has 0 radical (unpaired) electrons. The molecule has 2 heterocycles. The maximum atomic E-state index is 12.6. The fraction of sp³-hybridized carbons (Fsp3) is 0.263. The third kappa shape index (κ3) is 5.59. The number of carboxylic acid groups (broad SMARTS) is 2. The molecule has 1 atom stereocenters. The van der Waals surface area contributed by atoms with Gasteiger partial charge in [-0.05, 0) is 30.6 Å². The number of aromatic amines is 1. The number of H-pyrrole nitrogens is 1. The standard InChI is InChI=1S/C19H21N7O6/c20-19-25-15-14(17(30)26-19)23-11(8-22-15)7-21-10-3-1-9(2-4-10)16(29)24-12(18(31)32)5-6-13(27)28/h1-4,12,21H,5-8H2,(H,24,29)(H,27,28)(H,31,32)(H4,20,22,25,26,30)/t12-/m0/s1/i1D,2D,3D,4D. The zero-order valence-corrected chi connectivity index (χ0v) is 16.4. The Morgan fingerprint density at radius 3 is 2.62 bits per heavy atom. The Morgan fingerprint density at radius 1 is 1.25 bits per heavy atom. The van der Waals surface area contributed by atoms with Crippen molar-refractivity contribution in [2.75, 3.05) is 29.5 Å². The molecule has 168 valence electrons. The molecule has 3 rings (SSSR count). The first-order chi connectivity index (χ1) is 16.9. The van der Waals surface area contributed by atoms with Crippen molar-refractivity contribution >= 4 is 46.7 Å². The first-order valence-corrected chi connectivity index (χ1v) is 9.20. The van der Waals surface area contributed by atoms with E-state index in [1.807, 2.05) is 5.32 Å². The van der Waals surface area contributed by atoms with Gasteiger partial charge in [0.15, 0.2) is 11.5 Å². The highest BCUT2D eigenvalue weighted by atomic mass is 16.4. The maximum absolute atomic E-state index is 12.6. The molecule has 1 aliphatic heterocycles. The van der Waals surface area contributed by atoms with Crippen molar-refractivity contribution in [3.63, 3.8) is 0 Å². The van der Waals surface area contributed by atoms with E-state index in [0.717, 1.165) is 0 Å². The average Bonchev–Trinajstić information content (AvgIpc) is 2.80. The van der Waals surface area contributed by atoms with Crippen molar-refractivity contribution < 1.29 is 30.1 Å². The van der Waals surface area contributed by atoms with E-state index >= 15 is 0 Å². The molecule has 0 saturated carbocycles. The fourth-order valence-corrected chi connectivity index (χ4v) is 2.66. The number of hydrogen-bond donors (Lipinski definition) is 7. The second-order valence-corrected chi connectivity index (χ2v) is 6.58. The number of aliphatic carboxylic acids is 2. The van der Waals surface area contributed by atoms with E-state index in [-0.39, 0.29) is 36.2 Å². The molecule has 0 fully saturated rings. The molecule has 2 aromatic rings. The number of anilines is 3. The van der Waals surface area contributed by atoms with Gasteiger partial charge >= 0.3 is 11.9 Å². The number of amides is 1. The highest BCUT2D eigenvalue weighted by molar-refractivity contribution is 5.98. The van der Waals surface area contributed by atoms with Gasteiger partial charge in [-0.3, -0.25) is 19.4 Å². The molecule has 0 aliphatic carbocycles. The van der Waals surface area contributed by atoms with Crippen molar-refractivity contribution in [3.8, 4) is 0 Å². The van der Waals surface area contributed by atoms with Crippen LogP contribution in [0.3, 0.4) is 0 Å². The summed E-state index contributed by atoms with van der Waals surface area (Å²) in [5.41, 5.74) is 4.32. The smallest absolute Gasteiger partial charge is 0.326 e. The molecular formula is C19H21N7O6. The summed E-state index contributed by atoms with van der Waals surface area (Å²) in [6.07, 6.45) is -0.990. The van der Waals surface area contributed by atoms with Crippen molar-refractivity contribution in [3.05, 3.63) is 40.1 Å². The fourth-order valence-electron chi connectivity index (χ4n) is 2.66. The number of hydrogen-bond acceptors (Lipinski definition) is 9. The summed E-state index contributed by atoms with van der Waals surface area (Å²) in [7, 11) is 0. The number of carbonyl (C=O) groups excluding carboxylic acids is 1. The van der Waals surface area contributed by atoms with Crippen LogP contribution in [-0.4, -0.2) is 62.9 Å². The van der Waals surface area contributed by atoms with Crippen LogP contribution >= 0.6 is 0 Å². The minimum Gasteiger partial charge on any atom is -0.481 e. The number of nitrogen functional groups attached to an aromatic ring is 1. The van der Waals surface area contributed by atoms with Gasteiger partial charge in [0.05, 0.1) is 24.3 Å². The van der Waals surface area contributed by atoms with E-state index in [9.17, 15) is 24.3 Å². The van der Waals surface area contributed by atoms with Crippen molar-refractivity contribution in [1.82, 2.24) is 15.3 Å². The van der Waals surface area contributed by atoms with E-state index in [2.05, 4.69) is 25.6 Å². The van der Waals surface area contributed by atoms with E-state index in [0.29, 0.717) is 5.71 Å². The van der Waals surface area contributed by atoms with Crippen LogP contribution in [0.2, 0.25) is 0 Å². The largest absolute Gasteiger partial charge is 0.481 e. The normalized spacial score (nSPS) is 14.9. The first kappa shape index (κ1) is 17.3. The van der Waals surface area contributed by atoms with Gasteiger partial charge in [-0.25, -0.2) is 9.79 Å². The summed E-state index contributed by atoms with van der Waals surface area (Å²) in [5, 5.41) is 25.6. The zero-order valence-electron chi connectivity index (χ0n) is 20.4. The zero-order chi connectivity index (χ0) is 26.7. The summed E-state index contributed by atoms with van der Waals surface area (Å²) in [6.45, 7) is 0.0557. The summed E-state index contributed by atoms with van der Waals surface area (Å²) in [6, 6.07) is -4.28. The molecule has 8 N–H and O–H groups in total. The minimum atomic E-state index is -1.61. The number of nitrogens with zero attached hydrogens (tertiary/aromatic N) is 2. The SMILES string of the molecule is [2H]c1c([2H])c(C(=O)N[C@@H](CCC(=O)O)C(=O)O)c([2H])c([2H])c1NCC1=Nc2c(nc(N)[nH]c2=O)NC1. The van der Waals surface area contributed by atoms with Crippen LogP contribution in [0.1, 0.15) is 28.7 Å². The molecule has 32 heavy (non-hydrogen) atoms. The van der Waals surface area contributed by atoms with Crippen LogP contribution in [0.5, 0.6) is 0 Å². The van der Waals surface area contributed by atoms with Gasteiger partial charge in [-0.2, -0.15) is 4.98 Å². The predicted octanol–water partition coefficient (Wildman–Crippen LogP) is 0.01000. The summed E-state index contributed by atoms with van der Waals surface area (Å²) in [4.78, 5) is 57.1. The molecular weight excluding hydrogens is 422 g/mol. The summed E-state index contributed by atoms with van der Waals surface area (Å²) in [5.74, 6) is -3.89. The van der Waals surface area contributed by atoms with Gasteiger partial charge < -0.3 is 31.9 Å². The lowest BCUT2D eigenvalue weighted by Gasteiger charge is -2.17. The second-order valence-electron chi connectivity index (χ2n) is 6.58. The Balaban J connectivity index is 1.83. The quantitative estimate of drug-likeness (QED) is 0.273. The molecule has 0 saturated heterocycles. The van der Waals surface area contributed by atoms with E-state index in [1.165, 1.54) is 0 Å². The Hall–Kier alpha value is -4.42. The van der Waals surface area contributed by atoms with Crippen molar-refractivity contribution in [2.45, 2.75) is 18.9 Å². The molecule has 1 aromatic heterocycles. The number of aromatic nitrogens is 2. The number of carbonyl (C=O) groups is 3. The Kier molecular flexibility index (Phi) is 5.18. The second kappa shape index (κ2) is 9.59. The molecule has 1 aromatic carbocycles. The van der Waals surface area contributed by atoms with E-state index in [4.69, 9.17) is 16.3 Å². The average molecular weight is 447 g/mol. The topological polar surface area (TPSA) is 212 Å². The van der Waals surface area contributed by atoms with E-state index in [1.54, 1.807) is 0 Å². The first-order valence-electron chi connectivity index (χ1n) is 11.2. The number of nitrogens with one attached hydrogen (secondary N) is 4. The molecule has 0 bridgehead atoms. The molecule has 1 aliphatic rings. The van der Waals surface area contributed by atoms with Gasteiger partial charge in [0, 0.05) is 17.7 Å². The molecule has 0 spiro atoms. The van der Waals surface area contributed by atoms with Gasteiger partial charge in [-0.1, -0.05) is 0 Å². The summed E-state index contributed by atoms with van der Waals surface area (Å²) >= 11 is 0. The Bertz CT molecular complexity index is 1320. The Morgan fingerprint density at radius 2 is 1.97 bits per heavy atom. The van der Waals surface area contributed by atoms with Crippen molar-refractivity contribution in [1.29, 1.82) is 0 Å². The van der Waals surface area contributed by atoms with Crippen LogP contribution in [0, 0.1) is 0 Å². The van der Waals surface area contributed by atoms with Crippen LogP contribution in [0.15, 0.2) is 34.0 Å². The number of fused-ring (bicyclic) bond motifs is 1. The number of carboxylic acids is 2. The van der Waals surface area contributed by atoms with Crippen LogP contribution in [0.4, 0.5) is 23.1 Å². The summed E-state index contributed by atoms with van der Waals surface area (Å²) < 4.78 is 32.7. The lowest BCUT2D eigenvalue weighted by Crippen LogP contribution is -2.41. The van der Waals surface area contributed by atoms with Crippen LogP contribution in [-0.2, 0) is 9.59 Å². The lowest BCUT2D eigenvalue weighted by molar-refractivity contribution is -0.140. The predicted molar refractivity (Wildman–Crippen MR) is 116 cm³/mol. The highest BCUT2D eigenvalue weighted by Crippen LogP contribution is 2.21. The van der Waals surface area contributed by atoms with Gasteiger partial charge in [0.2, 0.25) is 5.95 Å². The highest BCUT2D eigenvalue weighted by Gasteiger charge is 2.21.